The van der Waals surface area contributed by atoms with Gasteiger partial charge in [-0.1, -0.05) is 6.42 Å². The highest BCUT2D eigenvalue weighted by Crippen LogP contribution is 2.04. The monoisotopic (exact) mass is 274 g/mol. The van der Waals surface area contributed by atoms with Gasteiger partial charge in [0.25, 0.3) is 0 Å². The van der Waals surface area contributed by atoms with Crippen LogP contribution in [0.25, 0.3) is 0 Å². The van der Waals surface area contributed by atoms with E-state index >= 15 is 0 Å². The Labute approximate surface area is 111 Å². The number of carbonyl (C=O) groups is 3. The lowest BCUT2D eigenvalue weighted by Gasteiger charge is -2.03. The fourth-order valence-electron chi connectivity index (χ4n) is 1.46. The van der Waals surface area contributed by atoms with Gasteiger partial charge in [-0.3, -0.25) is 14.4 Å². The molecule has 19 heavy (non-hydrogen) atoms. The van der Waals surface area contributed by atoms with Crippen molar-refractivity contribution >= 4 is 17.8 Å². The Morgan fingerprint density at radius 1 is 1.42 bits per heavy atom. The van der Waals surface area contributed by atoms with Crippen LogP contribution in [0.4, 0.5) is 0 Å². The van der Waals surface area contributed by atoms with Crippen molar-refractivity contribution in [3.05, 3.63) is 0 Å². The molecule has 0 aromatic carbocycles. The third kappa shape index (κ3) is 8.11. The second-order valence-corrected chi connectivity index (χ2v) is 4.29. The maximum atomic E-state index is 10.4. The number of primary amides is 1. The van der Waals surface area contributed by atoms with Crippen molar-refractivity contribution in [2.75, 3.05) is 6.54 Å². The predicted octanol–water partition coefficient (Wildman–Crippen LogP) is -1.72. The molecule has 110 valence electrons. The normalized spacial score (nSPS) is 19.1. The Kier molecular flexibility index (Phi) is 8.47. The molecule has 0 saturated carbocycles. The highest BCUT2D eigenvalue weighted by molar-refractivity contribution is 5.89. The lowest BCUT2D eigenvalue weighted by atomic mass is 10.1. The first kappa shape index (κ1) is 17.3. The first-order chi connectivity index (χ1) is 8.88. The highest BCUT2D eigenvalue weighted by Gasteiger charge is 2.24. The van der Waals surface area contributed by atoms with Crippen molar-refractivity contribution in [1.29, 1.82) is 0 Å². The number of nitrogens with one attached hydrogen (secondary N) is 1. The van der Waals surface area contributed by atoms with Gasteiger partial charge in [0, 0.05) is 6.42 Å². The highest BCUT2D eigenvalue weighted by atomic mass is 16.4. The van der Waals surface area contributed by atoms with Gasteiger partial charge in [0.15, 0.2) is 0 Å². The number of hydrogen-bond acceptors (Lipinski definition) is 5. The van der Waals surface area contributed by atoms with Gasteiger partial charge in [-0.15, -0.1) is 0 Å². The molecule has 1 aliphatic rings. The van der Waals surface area contributed by atoms with Crippen LogP contribution in [0.2, 0.25) is 0 Å². The van der Waals surface area contributed by atoms with Crippen molar-refractivity contribution in [1.82, 2.24) is 5.32 Å². The Balaban J connectivity index is 0.000000342. The van der Waals surface area contributed by atoms with Gasteiger partial charge in [-0.05, 0) is 25.8 Å². The molecule has 0 bridgehead atoms. The first-order valence-electron chi connectivity index (χ1n) is 6.15. The van der Waals surface area contributed by atoms with Gasteiger partial charge < -0.3 is 27.6 Å². The average molecular weight is 274 g/mol. The van der Waals surface area contributed by atoms with E-state index in [1.807, 2.05) is 0 Å². The number of nitrogens with two attached hydrogens (primary N) is 3. The fourth-order valence-corrected chi connectivity index (χ4v) is 1.46. The van der Waals surface area contributed by atoms with Crippen molar-refractivity contribution in [3.63, 3.8) is 0 Å². The van der Waals surface area contributed by atoms with Crippen molar-refractivity contribution in [2.45, 2.75) is 44.2 Å². The zero-order valence-corrected chi connectivity index (χ0v) is 10.8. The summed E-state index contributed by atoms with van der Waals surface area (Å²) in [5, 5.41) is 10.8. The van der Waals surface area contributed by atoms with E-state index in [1.54, 1.807) is 0 Å². The van der Waals surface area contributed by atoms with E-state index in [9.17, 15) is 14.4 Å². The molecule has 8 heteroatoms. The van der Waals surface area contributed by atoms with Crippen molar-refractivity contribution < 1.29 is 19.5 Å². The van der Waals surface area contributed by atoms with E-state index in [-0.39, 0.29) is 5.91 Å². The van der Waals surface area contributed by atoms with Crippen LogP contribution < -0.4 is 22.5 Å². The second-order valence-electron chi connectivity index (χ2n) is 4.29. The third-order valence-corrected chi connectivity index (χ3v) is 2.63. The lowest BCUT2D eigenvalue weighted by molar-refractivity contribution is -0.138. The van der Waals surface area contributed by atoms with Crippen LogP contribution in [0.15, 0.2) is 0 Å². The number of amides is 2. The molecule has 0 spiro atoms. The largest absolute Gasteiger partial charge is 0.480 e. The number of carbonyl (C=O) groups excluding carboxylic acids is 2. The van der Waals surface area contributed by atoms with E-state index in [2.05, 4.69) is 5.32 Å². The van der Waals surface area contributed by atoms with Crippen molar-refractivity contribution in [2.24, 2.45) is 17.2 Å². The van der Waals surface area contributed by atoms with Crippen LogP contribution in [0, 0.1) is 0 Å². The van der Waals surface area contributed by atoms with Crippen LogP contribution in [0.5, 0.6) is 0 Å². The predicted molar refractivity (Wildman–Crippen MR) is 68.9 cm³/mol. The number of aliphatic carboxylic acids is 1. The molecule has 2 atom stereocenters. The van der Waals surface area contributed by atoms with Gasteiger partial charge in [0.1, 0.15) is 12.1 Å². The summed E-state index contributed by atoms with van der Waals surface area (Å²) in [6, 6.07) is -1.14. The average Bonchev–Trinajstić information content (AvgIpc) is 2.77. The minimum Gasteiger partial charge on any atom is -0.480 e. The summed E-state index contributed by atoms with van der Waals surface area (Å²) < 4.78 is 0. The Bertz CT molecular complexity index is 322. The summed E-state index contributed by atoms with van der Waals surface area (Å²) in [7, 11) is 0. The molecule has 1 rings (SSSR count). The van der Waals surface area contributed by atoms with Gasteiger partial charge in [0.2, 0.25) is 11.8 Å². The zero-order valence-electron chi connectivity index (χ0n) is 10.8. The summed E-state index contributed by atoms with van der Waals surface area (Å²) in [5.41, 5.74) is 15.3. The molecule has 0 aliphatic carbocycles. The van der Waals surface area contributed by atoms with Crippen LogP contribution in [0.3, 0.4) is 0 Å². The number of rotatable bonds is 6. The maximum Gasteiger partial charge on any atom is 0.320 e. The molecule has 1 unspecified atom stereocenters. The molecule has 1 heterocycles. The van der Waals surface area contributed by atoms with Gasteiger partial charge >= 0.3 is 5.97 Å². The van der Waals surface area contributed by atoms with E-state index in [0.717, 1.165) is 12.8 Å². The number of hydrogen-bond donors (Lipinski definition) is 5. The minimum atomic E-state index is -0.933. The van der Waals surface area contributed by atoms with Crippen LogP contribution in [-0.2, 0) is 14.4 Å². The molecule has 0 aromatic rings. The van der Waals surface area contributed by atoms with Crippen LogP contribution >= 0.6 is 0 Å². The molecular formula is C11H22N4O4. The van der Waals surface area contributed by atoms with E-state index < -0.39 is 24.0 Å². The summed E-state index contributed by atoms with van der Waals surface area (Å²) >= 11 is 0. The molecule has 8 N–H and O–H groups in total. The summed E-state index contributed by atoms with van der Waals surface area (Å²) in [6.45, 7) is 0.604. The minimum absolute atomic E-state index is 0.0844. The molecule has 1 fully saturated rings. The molecule has 8 nitrogen and oxygen atoms in total. The van der Waals surface area contributed by atoms with Crippen LogP contribution in [0.1, 0.15) is 32.1 Å². The summed E-state index contributed by atoms with van der Waals surface area (Å²) in [5.74, 6) is -1.46. The van der Waals surface area contributed by atoms with Gasteiger partial charge in [-0.2, -0.15) is 0 Å². The lowest BCUT2D eigenvalue weighted by Crippen LogP contribution is -2.37. The summed E-state index contributed by atoms with van der Waals surface area (Å²) in [4.78, 5) is 30.9. The van der Waals surface area contributed by atoms with Gasteiger partial charge in [-0.25, -0.2) is 0 Å². The number of carboxylic acids is 1. The van der Waals surface area contributed by atoms with Gasteiger partial charge in [0.05, 0.1) is 0 Å². The van der Waals surface area contributed by atoms with E-state index in [0.29, 0.717) is 25.8 Å². The smallest absolute Gasteiger partial charge is 0.320 e. The number of unbranched alkanes of at least 4 members (excludes halogenated alkanes) is 1. The third-order valence-electron chi connectivity index (χ3n) is 2.63. The molecule has 0 radical (unpaired) electrons. The van der Waals surface area contributed by atoms with Crippen LogP contribution in [-0.4, -0.2) is 41.5 Å². The topological polar surface area (TPSA) is 162 Å². The number of carboxylic acid groups (broad SMARTS) is 1. The van der Waals surface area contributed by atoms with E-state index in [1.165, 1.54) is 0 Å². The maximum absolute atomic E-state index is 10.4. The fraction of sp³-hybridized carbons (Fsp3) is 0.727. The zero-order chi connectivity index (χ0) is 14.8. The Morgan fingerprint density at radius 2 is 2.05 bits per heavy atom. The SMILES string of the molecule is NC(=O)[C@@H]1CCC(=O)N1.NCCCCC(N)C(=O)O. The molecule has 0 aromatic heterocycles. The molecular weight excluding hydrogens is 252 g/mol. The Hall–Kier alpha value is -1.67. The standard InChI is InChI=1S/C6H14N2O2.C5H8N2O2/c7-4-2-1-3-5(8)6(9)10;6-5(9)3-1-2-4(8)7-3/h5H,1-4,7-8H2,(H,9,10);3H,1-2H2,(H2,6,9)(H,7,8)/t;3-/m.0/s1. The molecule has 1 saturated heterocycles. The molecule has 2 amide bonds. The summed E-state index contributed by atoms with van der Waals surface area (Å²) in [6.07, 6.45) is 3.14. The van der Waals surface area contributed by atoms with Crippen molar-refractivity contribution in [3.8, 4) is 0 Å². The molecule has 1 aliphatic heterocycles. The van der Waals surface area contributed by atoms with E-state index in [4.69, 9.17) is 22.3 Å². The first-order valence-corrected chi connectivity index (χ1v) is 6.15. The Morgan fingerprint density at radius 3 is 2.37 bits per heavy atom. The quantitative estimate of drug-likeness (QED) is 0.362. The second kappa shape index (κ2) is 9.29.